The molecule has 4 N–H and O–H groups in total. The monoisotopic (exact) mass is 616 g/mol. The van der Waals surface area contributed by atoms with Gasteiger partial charge in [-0.3, -0.25) is 4.79 Å². The fourth-order valence-electron chi connectivity index (χ4n) is 2.90. The average molecular weight is 617 g/mol. The molecule has 1 heterocycles. The number of amides is 1. The first-order chi connectivity index (χ1) is 12.8. The van der Waals surface area contributed by atoms with E-state index in [2.05, 4.69) is 20.6 Å². The second-order valence-electron chi connectivity index (χ2n) is 6.24. The van der Waals surface area contributed by atoms with Crippen LogP contribution in [0.2, 0.25) is 0 Å². The molecule has 3 rings (SSSR count). The van der Waals surface area contributed by atoms with Crippen LogP contribution < -0.4 is 41.2 Å². The van der Waals surface area contributed by atoms with Crippen molar-refractivity contribution in [2.24, 2.45) is 5.73 Å². The molecule has 0 unspecified atom stereocenters. The van der Waals surface area contributed by atoms with Gasteiger partial charge in [-0.1, -0.05) is 24.6 Å². The van der Waals surface area contributed by atoms with E-state index in [0.717, 1.165) is 48.9 Å². The fourth-order valence-corrected chi connectivity index (χ4v) is 2.90. The van der Waals surface area contributed by atoms with E-state index in [1.54, 1.807) is 6.07 Å². The quantitative estimate of drug-likeness (QED) is 0.170. The molecule has 29 heavy (non-hydrogen) atoms. The molecule has 9 heteroatoms. The molecule has 0 aliphatic rings. The van der Waals surface area contributed by atoms with Crippen LogP contribution >= 0.6 is 0 Å². The summed E-state index contributed by atoms with van der Waals surface area (Å²) in [6.45, 7) is 3.15. The summed E-state index contributed by atoms with van der Waals surface area (Å²) in [4.78, 5) is 21.8. The number of hydrogen-bond acceptors (Lipinski definition) is 5. The van der Waals surface area contributed by atoms with Crippen LogP contribution in [0.4, 0.5) is 0 Å². The van der Waals surface area contributed by atoms with Gasteiger partial charge in [0.05, 0.1) is 22.1 Å². The van der Waals surface area contributed by atoms with Gasteiger partial charge in [-0.15, -0.1) is 0 Å². The number of carbonyl (C=O) groups is 1. The van der Waals surface area contributed by atoms with E-state index in [-0.39, 0.29) is 51.8 Å². The second kappa shape index (κ2) is 14.6. The van der Waals surface area contributed by atoms with Crippen LogP contribution in [-0.2, 0) is 21.1 Å². The molecule has 6 nitrogen and oxygen atoms in total. The third kappa shape index (κ3) is 7.80. The summed E-state index contributed by atoms with van der Waals surface area (Å²) < 4.78 is 0. The first kappa shape index (κ1) is 27.7. The second-order valence-corrected chi connectivity index (χ2v) is 6.24. The Morgan fingerprint density at radius 2 is 1.48 bits per heavy atom. The van der Waals surface area contributed by atoms with Crippen LogP contribution in [0.3, 0.4) is 0 Å². The van der Waals surface area contributed by atoms with E-state index in [0.29, 0.717) is 24.2 Å². The third-order valence-electron chi connectivity index (χ3n) is 4.25. The Kier molecular flexibility index (Phi) is 14.0. The van der Waals surface area contributed by atoms with Gasteiger partial charge >= 0.3 is 21.1 Å². The molecule has 0 fully saturated rings. The van der Waals surface area contributed by atoms with E-state index in [1.807, 2.05) is 36.4 Å². The van der Waals surface area contributed by atoms with Gasteiger partial charge in [0.1, 0.15) is 5.52 Å². The number of fused-ring (bicyclic) bond motifs is 2. The minimum Gasteiger partial charge on any atom is -1.00 e. The summed E-state index contributed by atoms with van der Waals surface area (Å²) in [5, 5.41) is 6.26. The minimum absolute atomic E-state index is 0. The molecular weight excluding hydrogens is 592 g/mol. The van der Waals surface area contributed by atoms with Crippen molar-refractivity contribution >= 4 is 28.0 Å². The summed E-state index contributed by atoms with van der Waals surface area (Å²) in [5.41, 5.74) is 9.02. The fraction of sp³-hybridized carbons (Fsp3) is 0.350. The van der Waals surface area contributed by atoms with Crippen LogP contribution in [0.25, 0.3) is 22.1 Å². The molecule has 0 aliphatic heterocycles. The standard InChI is InChI=1S/C20H25N5O.2ClH.Pt/c21-11-14-22-12-4-1-5-13-23-20(26)15-7-6-10-18-19(15)25-17-9-3-2-8-16(17)24-18;;;/h2-3,6-10,22H,1,4-5,11-14,21H2,(H,23,26);2*1H;/q;;;+2/p-2. The number of unbranched alkanes of at least 4 members (excludes halogenated alkanes) is 2. The Hall–Kier alpha value is -1.30. The average Bonchev–Trinajstić information content (AvgIpc) is 2.67. The first-order valence-corrected chi connectivity index (χ1v) is 9.14. The molecule has 0 saturated carbocycles. The maximum Gasteiger partial charge on any atom is 2.00 e. The normalized spacial score (nSPS) is 9.97. The van der Waals surface area contributed by atoms with Gasteiger partial charge in [0.15, 0.2) is 0 Å². The summed E-state index contributed by atoms with van der Waals surface area (Å²) in [5.74, 6) is -0.0959. The number of nitrogens with zero attached hydrogens (tertiary/aromatic N) is 2. The molecule has 160 valence electrons. The number of hydrogen-bond donors (Lipinski definition) is 3. The molecular formula is C20H25Cl2N5OPt. The molecule has 0 atom stereocenters. The van der Waals surface area contributed by atoms with E-state index in [1.165, 1.54) is 0 Å². The maximum atomic E-state index is 12.6. The number of carbonyl (C=O) groups excluding carboxylic acids is 1. The predicted molar refractivity (Wildman–Crippen MR) is 105 cm³/mol. The van der Waals surface area contributed by atoms with E-state index in [4.69, 9.17) is 5.73 Å². The minimum atomic E-state index is -0.0959. The molecule has 2 aromatic carbocycles. The number of benzene rings is 2. The van der Waals surface area contributed by atoms with Crippen LogP contribution in [0.1, 0.15) is 29.6 Å². The SMILES string of the molecule is NCCNCCCCCNC(=O)c1cccc2nc3ccccc3nc12.[Cl-].[Cl-].[Pt+2]. The Morgan fingerprint density at radius 1 is 0.828 bits per heavy atom. The molecule has 1 amide bonds. The number of aromatic nitrogens is 2. The summed E-state index contributed by atoms with van der Waals surface area (Å²) in [6, 6.07) is 13.2. The molecule has 3 aromatic rings. The van der Waals surface area contributed by atoms with E-state index >= 15 is 0 Å². The van der Waals surface area contributed by atoms with Crippen molar-refractivity contribution in [2.45, 2.75) is 19.3 Å². The largest absolute Gasteiger partial charge is 2.00 e. The number of halogens is 2. The number of para-hydroxylation sites is 3. The molecule has 0 saturated heterocycles. The maximum absolute atomic E-state index is 12.6. The van der Waals surface area contributed by atoms with Crippen LogP contribution in [0.15, 0.2) is 42.5 Å². The zero-order valence-electron chi connectivity index (χ0n) is 15.9. The van der Waals surface area contributed by atoms with Gasteiger partial charge in [-0.05, 0) is 43.7 Å². The molecule has 1 aromatic heterocycles. The van der Waals surface area contributed by atoms with Crippen molar-refractivity contribution < 1.29 is 50.7 Å². The van der Waals surface area contributed by atoms with Gasteiger partial charge in [0.25, 0.3) is 5.91 Å². The smallest absolute Gasteiger partial charge is 1.00 e. The molecule has 0 aliphatic carbocycles. The van der Waals surface area contributed by atoms with Crippen LogP contribution in [0.5, 0.6) is 0 Å². The van der Waals surface area contributed by atoms with Gasteiger partial charge in [-0.2, -0.15) is 0 Å². The zero-order valence-corrected chi connectivity index (χ0v) is 19.7. The van der Waals surface area contributed by atoms with Crippen LogP contribution in [0, 0.1) is 0 Å². The Balaban J connectivity index is 0.00000261. The van der Waals surface area contributed by atoms with E-state index < -0.39 is 0 Å². The van der Waals surface area contributed by atoms with Crippen molar-refractivity contribution in [2.75, 3.05) is 26.2 Å². The Labute approximate surface area is 197 Å². The summed E-state index contributed by atoms with van der Waals surface area (Å²) in [7, 11) is 0. The molecule has 0 spiro atoms. The van der Waals surface area contributed by atoms with Gasteiger partial charge < -0.3 is 41.2 Å². The first-order valence-electron chi connectivity index (χ1n) is 9.14. The van der Waals surface area contributed by atoms with Crippen molar-refractivity contribution in [3.8, 4) is 0 Å². The van der Waals surface area contributed by atoms with E-state index in [9.17, 15) is 4.79 Å². The van der Waals surface area contributed by atoms with Crippen molar-refractivity contribution in [1.82, 2.24) is 20.6 Å². The number of nitrogens with two attached hydrogens (primary N) is 1. The summed E-state index contributed by atoms with van der Waals surface area (Å²) >= 11 is 0. The van der Waals surface area contributed by atoms with Crippen molar-refractivity contribution in [1.29, 1.82) is 0 Å². The topological polar surface area (TPSA) is 92.9 Å². The Morgan fingerprint density at radius 3 is 2.21 bits per heavy atom. The van der Waals surface area contributed by atoms with Gasteiger partial charge in [-0.25, -0.2) is 9.97 Å². The van der Waals surface area contributed by atoms with Crippen molar-refractivity contribution in [3.05, 3.63) is 48.0 Å². The predicted octanol–water partition coefficient (Wildman–Crippen LogP) is -3.76. The molecule has 0 radical (unpaired) electrons. The number of nitrogens with one attached hydrogen (secondary N) is 2. The van der Waals surface area contributed by atoms with Gasteiger partial charge in [0.2, 0.25) is 0 Å². The van der Waals surface area contributed by atoms with Crippen LogP contribution in [-0.4, -0.2) is 42.1 Å². The van der Waals surface area contributed by atoms with Gasteiger partial charge in [0, 0.05) is 19.6 Å². The molecule has 0 bridgehead atoms. The summed E-state index contributed by atoms with van der Waals surface area (Å²) in [6.07, 6.45) is 3.11. The zero-order chi connectivity index (χ0) is 18.2. The Bertz CT molecular complexity index is 897. The van der Waals surface area contributed by atoms with Crippen molar-refractivity contribution in [3.63, 3.8) is 0 Å². The third-order valence-corrected chi connectivity index (χ3v) is 4.25. The number of rotatable bonds is 9.